The van der Waals surface area contributed by atoms with Gasteiger partial charge in [0.25, 0.3) is 0 Å². The molecule has 2 atom stereocenters. The third-order valence-electron chi connectivity index (χ3n) is 5.43. The van der Waals surface area contributed by atoms with Crippen molar-refractivity contribution in [2.24, 2.45) is 0 Å². The monoisotopic (exact) mass is 459 g/mol. The maximum Gasteiger partial charge on any atom is 0.303 e. The summed E-state index contributed by atoms with van der Waals surface area (Å²) >= 11 is 0. The number of aromatic nitrogens is 1. The van der Waals surface area contributed by atoms with Crippen LogP contribution in [-0.2, 0) is 25.5 Å². The van der Waals surface area contributed by atoms with Gasteiger partial charge in [0, 0.05) is 30.5 Å². The van der Waals surface area contributed by atoms with Crippen LogP contribution >= 0.6 is 0 Å². The van der Waals surface area contributed by atoms with Gasteiger partial charge in [-0.25, -0.2) is 13.2 Å². The van der Waals surface area contributed by atoms with E-state index in [1.54, 1.807) is 0 Å². The van der Waals surface area contributed by atoms with Gasteiger partial charge in [-0.05, 0) is 47.9 Å². The highest BCUT2D eigenvalue weighted by Crippen LogP contribution is 2.33. The van der Waals surface area contributed by atoms with Crippen LogP contribution in [0.4, 0.5) is 13.2 Å². The molecule has 2 amide bonds. The summed E-state index contributed by atoms with van der Waals surface area (Å²) in [5, 5.41) is 5.33. The molecule has 0 unspecified atom stereocenters. The third kappa shape index (κ3) is 4.69. The molecule has 172 valence electrons. The predicted molar refractivity (Wildman–Crippen MR) is 112 cm³/mol. The first-order valence-corrected chi connectivity index (χ1v) is 10.2. The van der Waals surface area contributed by atoms with E-state index in [0.717, 1.165) is 12.1 Å². The number of H-pyrrole nitrogens is 1. The van der Waals surface area contributed by atoms with E-state index < -0.39 is 47.4 Å². The fourth-order valence-corrected chi connectivity index (χ4v) is 3.96. The molecule has 3 aromatic rings. The van der Waals surface area contributed by atoms with Crippen molar-refractivity contribution in [1.29, 1.82) is 0 Å². The first-order valence-electron chi connectivity index (χ1n) is 10.2. The predicted octanol–water partition coefficient (Wildman–Crippen LogP) is 2.73. The second kappa shape index (κ2) is 8.97. The highest BCUT2D eigenvalue weighted by Gasteiger charge is 2.38. The van der Waals surface area contributed by atoms with Gasteiger partial charge in [0.15, 0.2) is 0 Å². The van der Waals surface area contributed by atoms with Crippen molar-refractivity contribution in [1.82, 2.24) is 15.6 Å². The number of benzene rings is 2. The van der Waals surface area contributed by atoms with Gasteiger partial charge in [-0.2, -0.15) is 0 Å². The van der Waals surface area contributed by atoms with Gasteiger partial charge < -0.3 is 20.4 Å². The van der Waals surface area contributed by atoms with E-state index in [1.165, 1.54) is 31.2 Å². The first-order chi connectivity index (χ1) is 15.7. The second-order valence-corrected chi connectivity index (χ2v) is 7.73. The number of halogens is 3. The Hall–Kier alpha value is -3.82. The fraction of sp³-hybridized carbons (Fsp3) is 0.261. The Morgan fingerprint density at radius 3 is 2.55 bits per heavy atom. The topological polar surface area (TPSA) is 100 Å². The molecule has 1 aromatic heterocycles. The highest BCUT2D eigenvalue weighted by molar-refractivity contribution is 5.93. The highest BCUT2D eigenvalue weighted by atomic mass is 19.1. The molecule has 1 aliphatic heterocycles. The van der Waals surface area contributed by atoms with Crippen LogP contribution in [0.5, 0.6) is 0 Å². The van der Waals surface area contributed by atoms with Crippen molar-refractivity contribution in [2.45, 2.75) is 31.9 Å². The fourth-order valence-electron chi connectivity index (χ4n) is 3.96. The number of carbonyl (C=O) groups excluding carboxylic acids is 3. The molecule has 0 bridgehead atoms. The van der Waals surface area contributed by atoms with Gasteiger partial charge in [-0.1, -0.05) is 0 Å². The minimum absolute atomic E-state index is 0.0660. The Balaban J connectivity index is 1.59. The maximum atomic E-state index is 14.4. The molecule has 1 fully saturated rings. The lowest BCUT2D eigenvalue weighted by atomic mass is 10.0. The Kier molecular flexibility index (Phi) is 6.08. The van der Waals surface area contributed by atoms with Gasteiger partial charge in [-0.3, -0.25) is 14.4 Å². The van der Waals surface area contributed by atoms with E-state index in [2.05, 4.69) is 15.6 Å². The number of fused-ring (bicyclic) bond motifs is 1. The smallest absolute Gasteiger partial charge is 0.303 e. The van der Waals surface area contributed by atoms with Crippen molar-refractivity contribution >= 4 is 28.7 Å². The van der Waals surface area contributed by atoms with Gasteiger partial charge in [0.1, 0.15) is 29.6 Å². The molecule has 7 nitrogen and oxygen atoms in total. The van der Waals surface area contributed by atoms with Crippen LogP contribution < -0.4 is 10.6 Å². The molecule has 33 heavy (non-hydrogen) atoms. The first kappa shape index (κ1) is 22.4. The van der Waals surface area contributed by atoms with Crippen molar-refractivity contribution in [2.75, 3.05) is 6.54 Å². The zero-order valence-corrected chi connectivity index (χ0v) is 17.5. The van der Waals surface area contributed by atoms with Gasteiger partial charge >= 0.3 is 5.97 Å². The third-order valence-corrected chi connectivity index (χ3v) is 5.43. The summed E-state index contributed by atoms with van der Waals surface area (Å²) in [5.41, 5.74) is 1.50. The molecule has 0 radical (unpaired) electrons. The summed E-state index contributed by atoms with van der Waals surface area (Å²) < 4.78 is 46.8. The van der Waals surface area contributed by atoms with E-state index in [4.69, 9.17) is 4.74 Å². The summed E-state index contributed by atoms with van der Waals surface area (Å²) in [6, 6.07) is 6.34. The minimum atomic E-state index is -1.03. The van der Waals surface area contributed by atoms with Gasteiger partial charge in [0.2, 0.25) is 11.8 Å². The number of hydrogen-bond acceptors (Lipinski definition) is 4. The van der Waals surface area contributed by atoms with Gasteiger partial charge in [0.05, 0.1) is 12.1 Å². The number of aryl methyl sites for hydroxylation is 1. The molecule has 4 rings (SSSR count). The van der Waals surface area contributed by atoms with Crippen molar-refractivity contribution < 1.29 is 32.3 Å². The van der Waals surface area contributed by atoms with Crippen LogP contribution in [-0.4, -0.2) is 41.5 Å². The molecule has 1 saturated heterocycles. The van der Waals surface area contributed by atoms with E-state index in [-0.39, 0.29) is 30.3 Å². The number of aromatic amines is 1. The molecule has 0 aliphatic carbocycles. The standard InChI is InChI=1S/C23H20F3N3O4/c1-11(30)33-18-10-27-23(32)22(18)28-19(31)7-6-15-16-8-14(25)9-17(26)21(16)29-20(15)12-2-4-13(24)5-3-12/h2-5,8-9,18,22,29H,6-7,10H2,1H3,(H,27,32)(H,28,31)/t18-,22+/m1/s1. The van der Waals surface area contributed by atoms with Crippen LogP contribution in [0.25, 0.3) is 22.2 Å². The van der Waals surface area contributed by atoms with Crippen molar-refractivity contribution in [3.05, 3.63) is 59.4 Å². The molecule has 0 saturated carbocycles. The Morgan fingerprint density at radius 1 is 1.12 bits per heavy atom. The SMILES string of the molecule is CC(=O)O[C@@H]1CNC(=O)[C@H]1NC(=O)CCc1c(-c2ccc(F)cc2)[nH]c2c(F)cc(F)cc12. The van der Waals surface area contributed by atoms with E-state index in [1.807, 2.05) is 0 Å². The van der Waals surface area contributed by atoms with Gasteiger partial charge in [-0.15, -0.1) is 0 Å². The lowest BCUT2D eigenvalue weighted by Crippen LogP contribution is -2.47. The maximum absolute atomic E-state index is 14.4. The summed E-state index contributed by atoms with van der Waals surface area (Å²) in [6.45, 7) is 1.28. The van der Waals surface area contributed by atoms with E-state index in [0.29, 0.717) is 16.8 Å². The van der Waals surface area contributed by atoms with Crippen LogP contribution in [0.2, 0.25) is 0 Å². The van der Waals surface area contributed by atoms with Crippen LogP contribution in [0.1, 0.15) is 18.9 Å². The summed E-state index contributed by atoms with van der Waals surface area (Å²) in [5.74, 6) is -3.59. The number of ether oxygens (including phenoxy) is 1. The summed E-state index contributed by atoms with van der Waals surface area (Å²) in [6.07, 6.45) is -0.867. The Labute approximate surface area is 186 Å². The van der Waals surface area contributed by atoms with Crippen LogP contribution in [0.15, 0.2) is 36.4 Å². The normalized spacial score (nSPS) is 17.8. The number of carbonyl (C=O) groups is 3. The van der Waals surface area contributed by atoms with Crippen LogP contribution in [0, 0.1) is 17.5 Å². The zero-order chi connectivity index (χ0) is 23.7. The van der Waals surface area contributed by atoms with E-state index >= 15 is 0 Å². The molecule has 1 aliphatic rings. The number of nitrogens with one attached hydrogen (secondary N) is 3. The number of rotatable bonds is 6. The summed E-state index contributed by atoms with van der Waals surface area (Å²) in [4.78, 5) is 38.7. The average Bonchev–Trinajstić information content (AvgIpc) is 3.28. The second-order valence-electron chi connectivity index (χ2n) is 7.73. The number of esters is 1. The summed E-state index contributed by atoms with van der Waals surface area (Å²) in [7, 11) is 0. The molecular formula is C23H20F3N3O4. The Morgan fingerprint density at radius 2 is 1.85 bits per heavy atom. The molecule has 3 N–H and O–H groups in total. The molecule has 2 heterocycles. The van der Waals surface area contributed by atoms with Crippen LogP contribution in [0.3, 0.4) is 0 Å². The minimum Gasteiger partial charge on any atom is -0.458 e. The average molecular weight is 459 g/mol. The molecule has 0 spiro atoms. The molecular weight excluding hydrogens is 439 g/mol. The van der Waals surface area contributed by atoms with Crippen molar-refractivity contribution in [3.8, 4) is 11.3 Å². The van der Waals surface area contributed by atoms with Crippen molar-refractivity contribution in [3.63, 3.8) is 0 Å². The number of amides is 2. The largest absolute Gasteiger partial charge is 0.458 e. The zero-order valence-electron chi connectivity index (χ0n) is 17.5. The number of hydrogen-bond donors (Lipinski definition) is 3. The molecule has 2 aromatic carbocycles. The van der Waals surface area contributed by atoms with E-state index in [9.17, 15) is 27.6 Å². The lowest BCUT2D eigenvalue weighted by molar-refractivity contribution is -0.147. The lowest BCUT2D eigenvalue weighted by Gasteiger charge is -2.18. The Bertz CT molecular complexity index is 1240. The molecule has 10 heteroatoms. The quantitative estimate of drug-likeness (QED) is 0.494.